The molecule has 1 saturated carbocycles. The van der Waals surface area contributed by atoms with Crippen LogP contribution in [0, 0.1) is 5.92 Å². The molecule has 1 unspecified atom stereocenters. The van der Waals surface area contributed by atoms with Gasteiger partial charge in [0.1, 0.15) is 0 Å². The highest BCUT2D eigenvalue weighted by Gasteiger charge is 2.39. The highest BCUT2D eigenvalue weighted by molar-refractivity contribution is 5.94. The maximum absolute atomic E-state index is 12.3. The van der Waals surface area contributed by atoms with Crippen LogP contribution < -0.4 is 5.32 Å². The molecule has 2 aliphatic rings. The Kier molecular flexibility index (Phi) is 4.17. The van der Waals surface area contributed by atoms with E-state index >= 15 is 0 Å². The summed E-state index contributed by atoms with van der Waals surface area (Å²) in [5, 5.41) is 2.98. The van der Waals surface area contributed by atoms with Crippen molar-refractivity contribution < 1.29 is 9.59 Å². The summed E-state index contributed by atoms with van der Waals surface area (Å²) in [6.45, 7) is 7.85. The van der Waals surface area contributed by atoms with Crippen molar-refractivity contribution in [2.24, 2.45) is 5.92 Å². The van der Waals surface area contributed by atoms with E-state index in [4.69, 9.17) is 0 Å². The van der Waals surface area contributed by atoms with E-state index in [0.29, 0.717) is 24.6 Å². The molecule has 1 aliphatic carbocycles. The van der Waals surface area contributed by atoms with Crippen LogP contribution in [-0.2, 0) is 10.2 Å². The molecule has 23 heavy (non-hydrogen) atoms. The number of likely N-dealkylation sites (tertiary alicyclic amines) is 1. The third-order valence-corrected chi connectivity index (χ3v) is 4.79. The zero-order chi connectivity index (χ0) is 16.6. The van der Waals surface area contributed by atoms with Crippen LogP contribution in [0.5, 0.6) is 0 Å². The molecule has 3 rings (SSSR count). The van der Waals surface area contributed by atoms with Crippen LogP contribution in [0.4, 0.5) is 0 Å². The SMILES string of the molecule is CC(C)(C)c1ccc(C(=O)NCC2CC(=O)N(C3CC3)C2)cc1. The maximum atomic E-state index is 12.3. The number of hydrogen-bond acceptors (Lipinski definition) is 2. The Hall–Kier alpha value is -1.84. The minimum Gasteiger partial charge on any atom is -0.352 e. The summed E-state index contributed by atoms with van der Waals surface area (Å²) in [6.07, 6.45) is 2.86. The van der Waals surface area contributed by atoms with Gasteiger partial charge in [-0.1, -0.05) is 32.9 Å². The van der Waals surface area contributed by atoms with Gasteiger partial charge < -0.3 is 10.2 Å². The molecular weight excluding hydrogens is 288 g/mol. The second-order valence-electron chi connectivity index (χ2n) is 7.88. The molecule has 2 amide bonds. The lowest BCUT2D eigenvalue weighted by Gasteiger charge is -2.19. The summed E-state index contributed by atoms with van der Waals surface area (Å²) < 4.78 is 0. The smallest absolute Gasteiger partial charge is 0.251 e. The van der Waals surface area contributed by atoms with Gasteiger partial charge in [0, 0.05) is 37.0 Å². The average molecular weight is 314 g/mol. The third kappa shape index (κ3) is 3.74. The molecule has 1 aromatic rings. The fraction of sp³-hybridized carbons (Fsp3) is 0.579. The van der Waals surface area contributed by atoms with E-state index in [9.17, 15) is 9.59 Å². The molecule has 4 heteroatoms. The van der Waals surface area contributed by atoms with Crippen LogP contribution in [0.25, 0.3) is 0 Å². The Bertz CT molecular complexity index is 597. The second-order valence-corrected chi connectivity index (χ2v) is 7.88. The number of amides is 2. The minimum absolute atomic E-state index is 0.0530. The van der Waals surface area contributed by atoms with Crippen LogP contribution >= 0.6 is 0 Å². The number of nitrogens with one attached hydrogen (secondary N) is 1. The Morgan fingerprint density at radius 3 is 2.43 bits per heavy atom. The van der Waals surface area contributed by atoms with E-state index < -0.39 is 0 Å². The Labute approximate surface area is 138 Å². The minimum atomic E-state index is -0.0530. The van der Waals surface area contributed by atoms with Gasteiger partial charge in [-0.15, -0.1) is 0 Å². The molecule has 0 spiro atoms. The first-order valence-corrected chi connectivity index (χ1v) is 8.53. The number of rotatable bonds is 4. The lowest BCUT2D eigenvalue weighted by atomic mass is 9.87. The third-order valence-electron chi connectivity index (χ3n) is 4.79. The van der Waals surface area contributed by atoms with Gasteiger partial charge >= 0.3 is 0 Å². The van der Waals surface area contributed by atoms with Gasteiger partial charge in [-0.25, -0.2) is 0 Å². The van der Waals surface area contributed by atoms with Gasteiger partial charge in [-0.05, 0) is 36.0 Å². The van der Waals surface area contributed by atoms with Crippen molar-refractivity contribution in [3.8, 4) is 0 Å². The van der Waals surface area contributed by atoms with E-state index in [-0.39, 0.29) is 23.1 Å². The molecule has 4 nitrogen and oxygen atoms in total. The van der Waals surface area contributed by atoms with E-state index in [0.717, 1.165) is 19.4 Å². The molecule has 1 aromatic carbocycles. The average Bonchev–Trinajstić information content (AvgIpc) is 3.27. The van der Waals surface area contributed by atoms with Crippen molar-refractivity contribution in [1.82, 2.24) is 10.2 Å². The maximum Gasteiger partial charge on any atom is 0.251 e. The van der Waals surface area contributed by atoms with Crippen LogP contribution in [0.15, 0.2) is 24.3 Å². The lowest BCUT2D eigenvalue weighted by molar-refractivity contribution is -0.128. The monoisotopic (exact) mass is 314 g/mol. The first kappa shape index (κ1) is 16.0. The second kappa shape index (κ2) is 5.99. The number of carbonyl (C=O) groups is 2. The molecule has 0 aromatic heterocycles. The molecule has 0 bridgehead atoms. The number of nitrogens with zero attached hydrogens (tertiary/aromatic N) is 1. The van der Waals surface area contributed by atoms with Crippen LogP contribution in [0.1, 0.15) is 56.0 Å². The van der Waals surface area contributed by atoms with Gasteiger partial charge in [0.15, 0.2) is 0 Å². The standard InChI is InChI=1S/C19H26N2O2/c1-19(2,3)15-6-4-14(5-7-15)18(23)20-11-13-10-17(22)21(12-13)16-8-9-16/h4-7,13,16H,8-12H2,1-3H3,(H,20,23). The summed E-state index contributed by atoms with van der Waals surface area (Å²) >= 11 is 0. The van der Waals surface area contributed by atoms with Crippen molar-refractivity contribution in [3.05, 3.63) is 35.4 Å². The topological polar surface area (TPSA) is 49.4 Å². The zero-order valence-corrected chi connectivity index (χ0v) is 14.3. The van der Waals surface area contributed by atoms with Gasteiger partial charge in [0.2, 0.25) is 5.91 Å². The van der Waals surface area contributed by atoms with Crippen LogP contribution in [0.2, 0.25) is 0 Å². The molecule has 0 radical (unpaired) electrons. The van der Waals surface area contributed by atoms with E-state index in [2.05, 4.69) is 26.1 Å². The summed E-state index contributed by atoms with van der Waals surface area (Å²) in [4.78, 5) is 26.2. The molecule has 1 atom stereocenters. The molecule has 1 saturated heterocycles. The van der Waals surface area contributed by atoms with Gasteiger partial charge in [-0.3, -0.25) is 9.59 Å². The largest absolute Gasteiger partial charge is 0.352 e. The highest BCUT2D eigenvalue weighted by atomic mass is 16.2. The predicted octanol–water partition coefficient (Wildman–Crippen LogP) is 2.72. The quantitative estimate of drug-likeness (QED) is 0.929. The van der Waals surface area contributed by atoms with E-state index in [1.165, 1.54) is 5.56 Å². The normalized spacial score (nSPS) is 21.6. The fourth-order valence-electron chi connectivity index (χ4n) is 3.15. The zero-order valence-electron chi connectivity index (χ0n) is 14.3. The van der Waals surface area contributed by atoms with Crippen molar-refractivity contribution in [1.29, 1.82) is 0 Å². The predicted molar refractivity (Wildman–Crippen MR) is 90.3 cm³/mol. The van der Waals surface area contributed by atoms with Crippen molar-refractivity contribution in [3.63, 3.8) is 0 Å². The molecule has 1 aliphatic heterocycles. The van der Waals surface area contributed by atoms with Crippen molar-refractivity contribution in [2.45, 2.75) is 51.5 Å². The van der Waals surface area contributed by atoms with Gasteiger partial charge in [0.25, 0.3) is 5.91 Å². The van der Waals surface area contributed by atoms with E-state index in [1.54, 1.807) is 0 Å². The number of hydrogen-bond donors (Lipinski definition) is 1. The van der Waals surface area contributed by atoms with Crippen LogP contribution in [0.3, 0.4) is 0 Å². The molecule has 2 fully saturated rings. The highest BCUT2D eigenvalue weighted by Crippen LogP contribution is 2.32. The lowest BCUT2D eigenvalue weighted by Crippen LogP contribution is -2.32. The van der Waals surface area contributed by atoms with Crippen molar-refractivity contribution in [2.75, 3.05) is 13.1 Å². The molecule has 1 heterocycles. The Balaban J connectivity index is 1.52. The summed E-state index contributed by atoms with van der Waals surface area (Å²) in [5.74, 6) is 0.449. The summed E-state index contributed by atoms with van der Waals surface area (Å²) in [6, 6.07) is 8.28. The van der Waals surface area contributed by atoms with Gasteiger partial charge in [0.05, 0.1) is 0 Å². The number of benzene rings is 1. The Morgan fingerprint density at radius 1 is 1.22 bits per heavy atom. The summed E-state index contributed by atoms with van der Waals surface area (Å²) in [5.41, 5.74) is 1.99. The first-order chi connectivity index (χ1) is 10.8. The first-order valence-electron chi connectivity index (χ1n) is 8.53. The van der Waals surface area contributed by atoms with Gasteiger partial charge in [-0.2, -0.15) is 0 Å². The molecular formula is C19H26N2O2. The van der Waals surface area contributed by atoms with Crippen molar-refractivity contribution >= 4 is 11.8 Å². The molecule has 1 N–H and O–H groups in total. The van der Waals surface area contributed by atoms with Crippen LogP contribution in [-0.4, -0.2) is 35.8 Å². The fourth-order valence-corrected chi connectivity index (χ4v) is 3.15. The Morgan fingerprint density at radius 2 is 1.87 bits per heavy atom. The summed E-state index contributed by atoms with van der Waals surface area (Å²) in [7, 11) is 0. The molecule has 124 valence electrons. The van der Waals surface area contributed by atoms with E-state index in [1.807, 2.05) is 29.2 Å². The number of carbonyl (C=O) groups excluding carboxylic acids is 2.